The number of hydrogen-bond acceptors (Lipinski definition) is 3. The fraction of sp³-hybridized carbons (Fsp3) is 0.667. The number of fused-ring (bicyclic) bond motifs is 2. The number of halogens is 1. The minimum atomic E-state index is -0.437. The lowest BCUT2D eigenvalue weighted by atomic mass is 9.66. The van der Waals surface area contributed by atoms with Crippen molar-refractivity contribution in [2.75, 3.05) is 13.2 Å². The van der Waals surface area contributed by atoms with Crippen LogP contribution in [0.1, 0.15) is 50.5 Å². The third-order valence-electron chi connectivity index (χ3n) is 6.78. The van der Waals surface area contributed by atoms with Crippen molar-refractivity contribution in [1.82, 2.24) is 5.32 Å². The van der Waals surface area contributed by atoms with Crippen molar-refractivity contribution in [2.24, 2.45) is 17.6 Å². The molecule has 2 bridgehead atoms. The number of carbonyl (C=O) groups is 1. The molecular formula is C21H31ClN2O2. The molecule has 2 unspecified atom stereocenters. The monoisotopic (exact) mass is 378 g/mol. The van der Waals surface area contributed by atoms with Crippen LogP contribution in [0.5, 0.6) is 0 Å². The first kappa shape index (κ1) is 19.7. The highest BCUT2D eigenvalue weighted by molar-refractivity contribution is 5.88. The number of carbonyl (C=O) groups excluding carboxylic acids is 1. The summed E-state index contributed by atoms with van der Waals surface area (Å²) < 4.78 is 5.58. The van der Waals surface area contributed by atoms with Gasteiger partial charge in [0.05, 0.1) is 5.41 Å². The molecule has 0 radical (unpaired) electrons. The first-order valence-electron chi connectivity index (χ1n) is 9.89. The molecule has 2 atom stereocenters. The van der Waals surface area contributed by atoms with Crippen molar-refractivity contribution < 1.29 is 9.53 Å². The van der Waals surface area contributed by atoms with Crippen LogP contribution in [0.4, 0.5) is 0 Å². The van der Waals surface area contributed by atoms with Crippen molar-refractivity contribution >= 4 is 18.3 Å². The van der Waals surface area contributed by atoms with Crippen LogP contribution in [0.3, 0.4) is 0 Å². The third-order valence-corrected chi connectivity index (χ3v) is 6.78. The number of nitrogens with two attached hydrogens (primary N) is 1. The maximum absolute atomic E-state index is 13.5. The second-order valence-electron chi connectivity index (χ2n) is 8.24. The van der Waals surface area contributed by atoms with Gasteiger partial charge < -0.3 is 15.8 Å². The molecule has 4 rings (SSSR count). The second-order valence-corrected chi connectivity index (χ2v) is 8.24. The molecule has 0 aromatic heterocycles. The van der Waals surface area contributed by atoms with E-state index in [-0.39, 0.29) is 18.3 Å². The fourth-order valence-electron chi connectivity index (χ4n) is 5.44. The van der Waals surface area contributed by atoms with Gasteiger partial charge in [0, 0.05) is 25.3 Å². The predicted molar refractivity (Wildman–Crippen MR) is 105 cm³/mol. The maximum Gasteiger partial charge on any atom is 0.231 e. The Kier molecular flexibility index (Phi) is 6.26. The number of hydrogen-bond donors (Lipinski definition) is 2. The highest BCUT2D eigenvalue weighted by atomic mass is 35.5. The number of ether oxygens (including phenoxy) is 1. The topological polar surface area (TPSA) is 64.3 Å². The van der Waals surface area contributed by atoms with Crippen molar-refractivity contribution in [3.63, 3.8) is 0 Å². The van der Waals surface area contributed by atoms with Gasteiger partial charge in [0.25, 0.3) is 0 Å². The molecule has 3 aliphatic rings. The van der Waals surface area contributed by atoms with Crippen LogP contribution in [-0.4, -0.2) is 31.2 Å². The summed E-state index contributed by atoms with van der Waals surface area (Å²) in [6.07, 6.45) is 7.35. The molecular weight excluding hydrogens is 348 g/mol. The molecule has 1 aromatic rings. The fourth-order valence-corrected chi connectivity index (χ4v) is 5.44. The molecule has 1 heterocycles. The molecule has 1 saturated heterocycles. The van der Waals surface area contributed by atoms with Gasteiger partial charge in [-0.25, -0.2) is 0 Å². The van der Waals surface area contributed by atoms with Crippen LogP contribution in [-0.2, 0) is 14.9 Å². The van der Waals surface area contributed by atoms with Gasteiger partial charge in [-0.2, -0.15) is 0 Å². The van der Waals surface area contributed by atoms with E-state index in [0.717, 1.165) is 31.2 Å². The first-order chi connectivity index (χ1) is 12.2. The first-order valence-corrected chi connectivity index (χ1v) is 9.89. The van der Waals surface area contributed by atoms with Gasteiger partial charge in [-0.3, -0.25) is 4.79 Å². The summed E-state index contributed by atoms with van der Waals surface area (Å²) >= 11 is 0. The lowest BCUT2D eigenvalue weighted by Gasteiger charge is -2.47. The summed E-state index contributed by atoms with van der Waals surface area (Å²) in [5.41, 5.74) is 6.94. The average molecular weight is 379 g/mol. The summed E-state index contributed by atoms with van der Waals surface area (Å²) in [7, 11) is 0. The second kappa shape index (κ2) is 8.28. The molecule has 5 heteroatoms. The predicted octanol–water partition coefficient (Wildman–Crippen LogP) is 3.18. The average Bonchev–Trinajstić information content (AvgIpc) is 2.64. The molecule has 2 saturated carbocycles. The largest absolute Gasteiger partial charge is 0.381 e. The zero-order valence-electron chi connectivity index (χ0n) is 15.4. The van der Waals surface area contributed by atoms with Crippen molar-refractivity contribution in [3.8, 4) is 0 Å². The highest BCUT2D eigenvalue weighted by Gasteiger charge is 2.46. The molecule has 1 amide bonds. The SMILES string of the molecule is Cl.NC1CC2CCCC(C1)C2NC(=O)C1(c2ccccc2)CCOCC1. The Hall–Kier alpha value is -1.10. The molecule has 0 spiro atoms. The molecule has 1 aliphatic heterocycles. The Morgan fingerprint density at radius 3 is 2.31 bits per heavy atom. The van der Waals surface area contributed by atoms with E-state index in [1.54, 1.807) is 0 Å². The molecule has 1 aromatic carbocycles. The van der Waals surface area contributed by atoms with Gasteiger partial charge in [0.1, 0.15) is 0 Å². The van der Waals surface area contributed by atoms with Gasteiger partial charge >= 0.3 is 0 Å². The molecule has 3 fully saturated rings. The Labute approximate surface area is 162 Å². The van der Waals surface area contributed by atoms with E-state index in [1.807, 2.05) is 18.2 Å². The van der Waals surface area contributed by atoms with E-state index in [9.17, 15) is 4.79 Å². The van der Waals surface area contributed by atoms with Crippen LogP contribution >= 0.6 is 12.4 Å². The van der Waals surface area contributed by atoms with Gasteiger partial charge in [0.15, 0.2) is 0 Å². The Bertz CT molecular complexity index is 589. The lowest BCUT2D eigenvalue weighted by molar-refractivity contribution is -0.133. The van der Waals surface area contributed by atoms with Crippen molar-refractivity contribution in [3.05, 3.63) is 35.9 Å². The van der Waals surface area contributed by atoms with Gasteiger partial charge in [-0.05, 0) is 55.9 Å². The number of amides is 1. The van der Waals surface area contributed by atoms with E-state index in [4.69, 9.17) is 10.5 Å². The van der Waals surface area contributed by atoms with E-state index in [1.165, 1.54) is 19.3 Å². The third kappa shape index (κ3) is 3.64. The van der Waals surface area contributed by atoms with E-state index in [2.05, 4.69) is 17.4 Å². The molecule has 3 N–H and O–H groups in total. The van der Waals surface area contributed by atoms with Crippen LogP contribution in [0.25, 0.3) is 0 Å². The normalized spacial score (nSPS) is 33.0. The summed E-state index contributed by atoms with van der Waals surface area (Å²) in [5, 5.41) is 3.50. The van der Waals surface area contributed by atoms with Crippen LogP contribution in [0.15, 0.2) is 30.3 Å². The molecule has 144 valence electrons. The van der Waals surface area contributed by atoms with Crippen molar-refractivity contribution in [1.29, 1.82) is 0 Å². The summed E-state index contributed by atoms with van der Waals surface area (Å²) in [6, 6.07) is 10.9. The summed E-state index contributed by atoms with van der Waals surface area (Å²) in [4.78, 5) is 13.5. The molecule has 4 nitrogen and oxygen atoms in total. The van der Waals surface area contributed by atoms with E-state index in [0.29, 0.717) is 37.1 Å². The quantitative estimate of drug-likeness (QED) is 0.849. The lowest BCUT2D eigenvalue weighted by Crippen LogP contribution is -2.58. The Morgan fingerprint density at radius 1 is 1.08 bits per heavy atom. The number of nitrogens with one attached hydrogen (secondary N) is 1. The maximum atomic E-state index is 13.5. The minimum absolute atomic E-state index is 0. The minimum Gasteiger partial charge on any atom is -0.381 e. The van der Waals surface area contributed by atoms with Crippen molar-refractivity contribution in [2.45, 2.75) is 62.4 Å². The van der Waals surface area contributed by atoms with Crippen LogP contribution in [0, 0.1) is 11.8 Å². The smallest absolute Gasteiger partial charge is 0.231 e. The summed E-state index contributed by atoms with van der Waals surface area (Å²) in [6.45, 7) is 1.31. The van der Waals surface area contributed by atoms with Gasteiger partial charge in [-0.15, -0.1) is 12.4 Å². The highest BCUT2D eigenvalue weighted by Crippen LogP contribution is 2.41. The van der Waals surface area contributed by atoms with E-state index >= 15 is 0 Å². The van der Waals surface area contributed by atoms with Gasteiger partial charge in [-0.1, -0.05) is 36.8 Å². The number of rotatable bonds is 3. The number of benzene rings is 1. The molecule has 2 aliphatic carbocycles. The zero-order valence-corrected chi connectivity index (χ0v) is 16.2. The molecule has 26 heavy (non-hydrogen) atoms. The zero-order chi connectivity index (χ0) is 17.3. The van der Waals surface area contributed by atoms with E-state index < -0.39 is 5.41 Å². The summed E-state index contributed by atoms with van der Waals surface area (Å²) in [5.74, 6) is 1.32. The van der Waals surface area contributed by atoms with Crippen LogP contribution in [0.2, 0.25) is 0 Å². The van der Waals surface area contributed by atoms with Gasteiger partial charge in [0.2, 0.25) is 5.91 Å². The van der Waals surface area contributed by atoms with Crippen LogP contribution < -0.4 is 11.1 Å². The Morgan fingerprint density at radius 2 is 1.69 bits per heavy atom. The Balaban J connectivity index is 0.00000196. The standard InChI is InChI=1S/C21H30N2O2.ClH/c22-18-13-15-5-4-6-16(14-18)19(15)23-20(24)21(9-11-25-12-10-21)17-7-2-1-3-8-17;/h1-3,7-8,15-16,18-19H,4-6,9-14,22H2,(H,23,24);1H.